The monoisotopic (exact) mass is 363 g/mol. The van der Waals surface area contributed by atoms with Crippen LogP contribution in [0, 0.1) is 0 Å². The van der Waals surface area contributed by atoms with Gasteiger partial charge in [-0.15, -0.1) is 0 Å². The summed E-state index contributed by atoms with van der Waals surface area (Å²) in [5.41, 5.74) is 7.31. The number of rotatable bonds is 2. The van der Waals surface area contributed by atoms with Crippen LogP contribution in [0.2, 0.25) is 0 Å². The predicted octanol–water partition coefficient (Wildman–Crippen LogP) is 1.72. The second-order valence-corrected chi connectivity index (χ2v) is 6.37. The molecule has 0 fully saturated rings. The lowest BCUT2D eigenvalue weighted by Gasteiger charge is -2.23. The maximum atomic E-state index is 12.5. The summed E-state index contributed by atoms with van der Waals surface area (Å²) in [6.07, 6.45) is 0.973. The molecule has 0 saturated carbocycles. The molecule has 0 radical (unpaired) electrons. The lowest BCUT2D eigenvalue weighted by molar-refractivity contribution is -0.131. The zero-order chi connectivity index (χ0) is 19.0. The van der Waals surface area contributed by atoms with E-state index in [2.05, 4.69) is 10.9 Å². The first-order valence-corrected chi connectivity index (χ1v) is 8.48. The average Bonchev–Trinajstić information content (AvgIpc) is 3.03. The number of esters is 1. The number of fused-ring (bicyclic) bond motifs is 2. The van der Waals surface area contributed by atoms with E-state index in [0.717, 1.165) is 16.5 Å². The second-order valence-electron chi connectivity index (χ2n) is 6.37. The third kappa shape index (κ3) is 3.03. The first kappa shape index (κ1) is 16.8. The first-order valence-electron chi connectivity index (χ1n) is 8.48. The minimum Gasteiger partial charge on any atom is -0.448 e. The zero-order valence-corrected chi connectivity index (χ0v) is 14.6. The molecule has 4 rings (SSSR count). The number of nitrogens with one attached hydrogen (secondary N) is 2. The number of ether oxygens (including phenoxy) is 1. The number of benzene rings is 2. The van der Waals surface area contributed by atoms with E-state index in [1.165, 1.54) is 0 Å². The van der Waals surface area contributed by atoms with E-state index in [1.54, 1.807) is 30.5 Å². The van der Waals surface area contributed by atoms with Crippen molar-refractivity contribution in [2.24, 2.45) is 7.05 Å². The van der Waals surface area contributed by atoms with Gasteiger partial charge in [0.25, 0.3) is 11.8 Å². The Hall–Kier alpha value is -3.61. The van der Waals surface area contributed by atoms with Gasteiger partial charge in [-0.05, 0) is 17.7 Å². The van der Waals surface area contributed by atoms with E-state index in [1.807, 2.05) is 35.9 Å². The van der Waals surface area contributed by atoms with Gasteiger partial charge in [0.2, 0.25) is 0 Å². The van der Waals surface area contributed by atoms with Gasteiger partial charge in [0.1, 0.15) is 0 Å². The van der Waals surface area contributed by atoms with E-state index in [0.29, 0.717) is 11.1 Å². The van der Waals surface area contributed by atoms with Gasteiger partial charge in [-0.25, -0.2) is 4.79 Å². The fraction of sp³-hybridized carbons (Fsp3) is 0.150. The summed E-state index contributed by atoms with van der Waals surface area (Å²) in [7, 11) is 1.84. The Morgan fingerprint density at radius 3 is 2.67 bits per heavy atom. The van der Waals surface area contributed by atoms with Gasteiger partial charge in [0, 0.05) is 30.6 Å². The van der Waals surface area contributed by atoms with Crippen molar-refractivity contribution in [3.8, 4) is 0 Å². The molecule has 0 saturated heterocycles. The summed E-state index contributed by atoms with van der Waals surface area (Å²) < 4.78 is 7.02. The van der Waals surface area contributed by atoms with E-state index in [9.17, 15) is 14.4 Å². The molecule has 1 aliphatic rings. The van der Waals surface area contributed by atoms with Crippen LogP contribution in [0.1, 0.15) is 26.3 Å². The number of aryl methyl sites for hydroxylation is 1. The Morgan fingerprint density at radius 2 is 1.81 bits per heavy atom. The van der Waals surface area contributed by atoms with Crippen molar-refractivity contribution in [1.29, 1.82) is 0 Å². The number of aromatic nitrogens is 1. The third-order valence-corrected chi connectivity index (χ3v) is 4.63. The normalized spacial score (nSPS) is 15.7. The Bertz CT molecular complexity index is 1070. The molecule has 27 heavy (non-hydrogen) atoms. The van der Waals surface area contributed by atoms with Gasteiger partial charge in [-0.1, -0.05) is 36.4 Å². The molecule has 2 N–H and O–H groups in total. The molecule has 7 nitrogen and oxygen atoms in total. The van der Waals surface area contributed by atoms with Crippen molar-refractivity contribution in [2.45, 2.75) is 12.5 Å². The molecule has 0 aliphatic carbocycles. The fourth-order valence-corrected chi connectivity index (χ4v) is 3.27. The summed E-state index contributed by atoms with van der Waals surface area (Å²) in [6.45, 7) is 0. The van der Waals surface area contributed by atoms with Crippen molar-refractivity contribution >= 4 is 28.7 Å². The Morgan fingerprint density at radius 1 is 1.07 bits per heavy atom. The van der Waals surface area contributed by atoms with Crippen LogP contribution in [-0.4, -0.2) is 28.5 Å². The number of carbonyl (C=O) groups excluding carboxylic acids is 3. The molecule has 2 aromatic carbocycles. The SMILES string of the molecule is Cn1cc(C(=O)NNC(=O)[C@H]2Cc3ccccc3C(=O)O2)c2ccccc21. The van der Waals surface area contributed by atoms with E-state index in [-0.39, 0.29) is 6.42 Å². The van der Waals surface area contributed by atoms with E-state index in [4.69, 9.17) is 4.74 Å². The summed E-state index contributed by atoms with van der Waals surface area (Å²) in [4.78, 5) is 36.8. The number of nitrogens with zero attached hydrogens (tertiary/aromatic N) is 1. The summed E-state index contributed by atoms with van der Waals surface area (Å²) >= 11 is 0. The molecule has 0 spiro atoms. The van der Waals surface area contributed by atoms with Crippen LogP contribution >= 0.6 is 0 Å². The molecule has 1 aromatic heterocycles. The quantitative estimate of drug-likeness (QED) is 0.536. The maximum Gasteiger partial charge on any atom is 0.339 e. The minimum atomic E-state index is -0.986. The highest BCUT2D eigenvalue weighted by molar-refractivity contribution is 6.07. The van der Waals surface area contributed by atoms with Crippen LogP contribution < -0.4 is 10.9 Å². The molecular formula is C20H17N3O4. The number of hydrogen-bond donors (Lipinski definition) is 2. The number of carbonyl (C=O) groups is 3. The van der Waals surface area contributed by atoms with Gasteiger partial charge in [-0.3, -0.25) is 20.4 Å². The van der Waals surface area contributed by atoms with E-state index >= 15 is 0 Å². The van der Waals surface area contributed by atoms with Gasteiger partial charge in [-0.2, -0.15) is 0 Å². The molecule has 1 aliphatic heterocycles. The molecular weight excluding hydrogens is 346 g/mol. The molecule has 2 amide bonds. The van der Waals surface area contributed by atoms with Crippen LogP contribution in [0.4, 0.5) is 0 Å². The Balaban J connectivity index is 1.45. The Kier molecular flexibility index (Phi) is 4.12. The number of hydrogen-bond acceptors (Lipinski definition) is 4. The molecule has 0 unspecified atom stereocenters. The van der Waals surface area contributed by atoms with Gasteiger partial charge in [0.15, 0.2) is 6.10 Å². The topological polar surface area (TPSA) is 89.4 Å². The van der Waals surface area contributed by atoms with Gasteiger partial charge in [0.05, 0.1) is 11.1 Å². The van der Waals surface area contributed by atoms with Crippen LogP contribution in [0.5, 0.6) is 0 Å². The van der Waals surface area contributed by atoms with Gasteiger partial charge >= 0.3 is 5.97 Å². The molecule has 7 heteroatoms. The molecule has 136 valence electrons. The summed E-state index contributed by atoms with van der Waals surface area (Å²) in [6, 6.07) is 14.5. The largest absolute Gasteiger partial charge is 0.448 e. The van der Waals surface area contributed by atoms with Crippen LogP contribution in [0.25, 0.3) is 10.9 Å². The molecule has 1 atom stereocenters. The second kappa shape index (κ2) is 6.60. The molecule has 3 aromatic rings. The number of para-hydroxylation sites is 1. The predicted molar refractivity (Wildman–Crippen MR) is 97.9 cm³/mol. The number of cyclic esters (lactones) is 1. The van der Waals surface area contributed by atoms with Crippen molar-refractivity contribution in [3.63, 3.8) is 0 Å². The van der Waals surface area contributed by atoms with Crippen molar-refractivity contribution in [1.82, 2.24) is 15.4 Å². The summed E-state index contributed by atoms with van der Waals surface area (Å²) in [5.74, 6) is -1.56. The lowest BCUT2D eigenvalue weighted by atomic mass is 9.98. The third-order valence-electron chi connectivity index (χ3n) is 4.63. The van der Waals surface area contributed by atoms with Crippen LogP contribution in [0.3, 0.4) is 0 Å². The summed E-state index contributed by atoms with van der Waals surface area (Å²) in [5, 5.41) is 0.782. The highest BCUT2D eigenvalue weighted by Crippen LogP contribution is 2.21. The number of hydrazine groups is 1. The zero-order valence-electron chi connectivity index (χ0n) is 14.6. The number of amides is 2. The van der Waals surface area contributed by atoms with Gasteiger partial charge < -0.3 is 9.30 Å². The van der Waals surface area contributed by atoms with Crippen LogP contribution in [0.15, 0.2) is 54.7 Å². The lowest BCUT2D eigenvalue weighted by Crippen LogP contribution is -2.49. The van der Waals surface area contributed by atoms with Crippen molar-refractivity contribution in [3.05, 3.63) is 71.4 Å². The maximum absolute atomic E-state index is 12.5. The average molecular weight is 363 g/mol. The first-order chi connectivity index (χ1) is 13.0. The van der Waals surface area contributed by atoms with E-state index < -0.39 is 23.9 Å². The Labute approximate surface area is 154 Å². The minimum absolute atomic E-state index is 0.262. The molecule has 0 bridgehead atoms. The highest BCUT2D eigenvalue weighted by Gasteiger charge is 2.31. The van der Waals surface area contributed by atoms with Crippen molar-refractivity contribution < 1.29 is 19.1 Å². The smallest absolute Gasteiger partial charge is 0.339 e. The van der Waals surface area contributed by atoms with Crippen molar-refractivity contribution in [2.75, 3.05) is 0 Å². The van der Waals surface area contributed by atoms with Crippen LogP contribution in [-0.2, 0) is 23.0 Å². The standard InChI is InChI=1S/C20H17N3O4/c1-23-11-15(14-8-4-5-9-16(14)23)18(24)21-22-19(25)17-10-12-6-2-3-7-13(12)20(26)27-17/h2-9,11,17H,10H2,1H3,(H,21,24)(H,22,25)/t17-/m1/s1. The fourth-order valence-electron chi connectivity index (χ4n) is 3.27. The highest BCUT2D eigenvalue weighted by atomic mass is 16.5. The molecule has 2 heterocycles.